The molecular formula is C9H14N4. The molecule has 1 aromatic heterocycles. The smallest absolute Gasteiger partial charge is 0.151 e. The molecule has 4 heteroatoms. The van der Waals surface area contributed by atoms with Gasteiger partial charge in [-0.3, -0.25) is 5.10 Å². The Morgan fingerprint density at radius 1 is 1.69 bits per heavy atom. The van der Waals surface area contributed by atoms with Gasteiger partial charge in [0.2, 0.25) is 0 Å². The van der Waals surface area contributed by atoms with Crippen LogP contribution in [0.15, 0.2) is 6.07 Å². The molecular weight excluding hydrogens is 164 g/mol. The van der Waals surface area contributed by atoms with Crippen LogP contribution in [0, 0.1) is 11.3 Å². The highest BCUT2D eigenvalue weighted by Crippen LogP contribution is 2.16. The monoisotopic (exact) mass is 178 g/mol. The fraction of sp³-hybridized carbons (Fsp3) is 0.556. The number of aromatic nitrogens is 2. The van der Waals surface area contributed by atoms with E-state index < -0.39 is 0 Å². The molecule has 0 radical (unpaired) electrons. The maximum Gasteiger partial charge on any atom is 0.151 e. The molecule has 0 amide bonds. The van der Waals surface area contributed by atoms with E-state index in [2.05, 4.69) is 30.1 Å². The largest absolute Gasteiger partial charge is 0.345 e. The number of anilines is 1. The zero-order valence-corrected chi connectivity index (χ0v) is 8.20. The molecule has 13 heavy (non-hydrogen) atoms. The maximum atomic E-state index is 8.48. The van der Waals surface area contributed by atoms with Crippen molar-refractivity contribution in [3.63, 3.8) is 0 Å². The summed E-state index contributed by atoms with van der Waals surface area (Å²) in [7, 11) is 1.85. The zero-order chi connectivity index (χ0) is 9.84. The zero-order valence-electron chi connectivity index (χ0n) is 8.20. The van der Waals surface area contributed by atoms with Crippen molar-refractivity contribution in [1.29, 1.82) is 5.26 Å². The predicted octanol–water partition coefficient (Wildman–Crippen LogP) is 1.49. The van der Waals surface area contributed by atoms with Crippen LogP contribution < -0.4 is 4.90 Å². The van der Waals surface area contributed by atoms with Crippen LogP contribution in [-0.2, 0) is 0 Å². The molecule has 0 aliphatic rings. The van der Waals surface area contributed by atoms with E-state index in [1.807, 2.05) is 18.0 Å². The van der Waals surface area contributed by atoms with Crippen LogP contribution >= 0.6 is 0 Å². The third-order valence-corrected chi connectivity index (χ3v) is 1.91. The van der Waals surface area contributed by atoms with Crippen LogP contribution in [-0.4, -0.2) is 23.8 Å². The highest BCUT2D eigenvalue weighted by molar-refractivity contribution is 5.39. The van der Waals surface area contributed by atoms with Gasteiger partial charge in [0.25, 0.3) is 0 Å². The Morgan fingerprint density at radius 2 is 2.38 bits per heavy atom. The van der Waals surface area contributed by atoms with Gasteiger partial charge in [-0.1, -0.05) is 13.8 Å². The number of nitrogens with one attached hydrogen (secondary N) is 1. The highest BCUT2D eigenvalue weighted by Gasteiger charge is 2.07. The maximum absolute atomic E-state index is 8.48. The Morgan fingerprint density at radius 3 is 2.85 bits per heavy atom. The summed E-state index contributed by atoms with van der Waals surface area (Å²) < 4.78 is 0. The quantitative estimate of drug-likeness (QED) is 0.713. The van der Waals surface area contributed by atoms with Gasteiger partial charge in [-0.15, -0.1) is 0 Å². The van der Waals surface area contributed by atoms with Crippen molar-refractivity contribution in [3.8, 4) is 6.07 Å². The fourth-order valence-corrected chi connectivity index (χ4v) is 1.00. The second-order valence-electron chi connectivity index (χ2n) is 3.35. The van der Waals surface area contributed by atoms with E-state index in [4.69, 9.17) is 5.26 Å². The first-order chi connectivity index (χ1) is 6.15. The highest BCUT2D eigenvalue weighted by atomic mass is 15.3. The van der Waals surface area contributed by atoms with E-state index in [1.165, 1.54) is 0 Å². The van der Waals surface area contributed by atoms with Crippen molar-refractivity contribution in [2.24, 2.45) is 0 Å². The summed E-state index contributed by atoms with van der Waals surface area (Å²) in [4.78, 5) is 1.81. The first-order valence-corrected chi connectivity index (χ1v) is 4.28. The van der Waals surface area contributed by atoms with Gasteiger partial charge in [0.1, 0.15) is 6.54 Å². The van der Waals surface area contributed by atoms with E-state index in [1.54, 1.807) is 0 Å². The summed E-state index contributed by atoms with van der Waals surface area (Å²) in [5, 5.41) is 15.5. The van der Waals surface area contributed by atoms with Crippen molar-refractivity contribution in [3.05, 3.63) is 11.8 Å². The van der Waals surface area contributed by atoms with Crippen LogP contribution in [0.5, 0.6) is 0 Å². The number of hydrogen-bond donors (Lipinski definition) is 1. The molecule has 0 saturated carbocycles. The Labute approximate surface area is 78.2 Å². The second-order valence-corrected chi connectivity index (χ2v) is 3.35. The third-order valence-electron chi connectivity index (χ3n) is 1.91. The average molecular weight is 178 g/mol. The number of rotatable bonds is 3. The molecule has 1 aromatic rings. The van der Waals surface area contributed by atoms with Gasteiger partial charge >= 0.3 is 0 Å². The summed E-state index contributed by atoms with van der Waals surface area (Å²) >= 11 is 0. The lowest BCUT2D eigenvalue weighted by Crippen LogP contribution is -2.17. The molecule has 0 atom stereocenters. The Kier molecular flexibility index (Phi) is 2.91. The third kappa shape index (κ3) is 2.22. The number of nitriles is 1. The van der Waals surface area contributed by atoms with E-state index in [0.717, 1.165) is 11.5 Å². The van der Waals surface area contributed by atoms with E-state index in [-0.39, 0.29) is 0 Å². The predicted molar refractivity (Wildman–Crippen MR) is 51.6 cm³/mol. The Bertz CT molecular complexity index is 308. The van der Waals surface area contributed by atoms with Crippen LogP contribution in [0.4, 0.5) is 5.82 Å². The summed E-state index contributed by atoms with van der Waals surface area (Å²) in [6, 6.07) is 4.05. The minimum atomic E-state index is 0.363. The Hall–Kier alpha value is -1.50. The molecule has 0 spiro atoms. The molecule has 1 N–H and O–H groups in total. The van der Waals surface area contributed by atoms with Crippen molar-refractivity contribution in [2.75, 3.05) is 18.5 Å². The molecule has 70 valence electrons. The van der Waals surface area contributed by atoms with Gasteiger partial charge in [-0.25, -0.2) is 0 Å². The summed E-state index contributed by atoms with van der Waals surface area (Å²) in [6.07, 6.45) is 0. The normalized spacial score (nSPS) is 10.1. The summed E-state index contributed by atoms with van der Waals surface area (Å²) in [5.41, 5.74) is 1.10. The van der Waals surface area contributed by atoms with Crippen molar-refractivity contribution in [1.82, 2.24) is 10.2 Å². The van der Waals surface area contributed by atoms with Crippen LogP contribution in [0.3, 0.4) is 0 Å². The lowest BCUT2D eigenvalue weighted by atomic mass is 10.1. The van der Waals surface area contributed by atoms with Gasteiger partial charge in [0.15, 0.2) is 5.82 Å². The van der Waals surface area contributed by atoms with Gasteiger partial charge in [0.05, 0.1) is 6.07 Å². The lowest BCUT2D eigenvalue weighted by molar-refractivity contribution is 0.809. The molecule has 0 saturated heterocycles. The Balaban J connectivity index is 2.74. The minimum absolute atomic E-state index is 0.363. The molecule has 0 aromatic carbocycles. The van der Waals surface area contributed by atoms with Crippen LogP contribution in [0.2, 0.25) is 0 Å². The van der Waals surface area contributed by atoms with Crippen LogP contribution in [0.1, 0.15) is 25.5 Å². The number of aromatic amines is 1. The van der Waals surface area contributed by atoms with Gasteiger partial charge in [0, 0.05) is 18.8 Å². The fourth-order valence-electron chi connectivity index (χ4n) is 1.00. The van der Waals surface area contributed by atoms with Gasteiger partial charge < -0.3 is 4.90 Å². The van der Waals surface area contributed by atoms with Gasteiger partial charge in [-0.2, -0.15) is 10.4 Å². The van der Waals surface area contributed by atoms with Crippen molar-refractivity contribution < 1.29 is 0 Å². The molecule has 1 heterocycles. The average Bonchev–Trinajstić information content (AvgIpc) is 2.52. The number of nitrogens with zero attached hydrogens (tertiary/aromatic N) is 3. The molecule has 4 nitrogen and oxygen atoms in total. The molecule has 0 fully saturated rings. The SMILES string of the molecule is CC(C)c1cc(N(C)CC#N)n[nH]1. The molecule has 1 rings (SSSR count). The number of hydrogen-bond acceptors (Lipinski definition) is 3. The molecule has 0 aliphatic carbocycles. The van der Waals surface area contributed by atoms with E-state index in [9.17, 15) is 0 Å². The van der Waals surface area contributed by atoms with Crippen LogP contribution in [0.25, 0.3) is 0 Å². The topological polar surface area (TPSA) is 55.7 Å². The first-order valence-electron chi connectivity index (χ1n) is 4.28. The summed E-state index contributed by atoms with van der Waals surface area (Å²) in [6.45, 7) is 4.56. The summed E-state index contributed by atoms with van der Waals surface area (Å²) in [5.74, 6) is 1.27. The molecule has 0 bridgehead atoms. The second kappa shape index (κ2) is 3.94. The van der Waals surface area contributed by atoms with Crippen molar-refractivity contribution in [2.45, 2.75) is 19.8 Å². The van der Waals surface area contributed by atoms with Crippen molar-refractivity contribution >= 4 is 5.82 Å². The number of H-pyrrole nitrogens is 1. The molecule has 0 unspecified atom stereocenters. The van der Waals surface area contributed by atoms with E-state index in [0.29, 0.717) is 12.5 Å². The van der Waals surface area contributed by atoms with E-state index >= 15 is 0 Å². The minimum Gasteiger partial charge on any atom is -0.345 e. The molecule has 0 aliphatic heterocycles. The van der Waals surface area contributed by atoms with Gasteiger partial charge in [-0.05, 0) is 5.92 Å². The lowest BCUT2D eigenvalue weighted by Gasteiger charge is -2.09. The first kappa shape index (κ1) is 9.59. The standard InChI is InChI=1S/C9H14N4/c1-7(2)8-6-9(12-11-8)13(3)5-4-10/h6-7H,5H2,1-3H3,(H,11,12).